The van der Waals surface area contributed by atoms with Gasteiger partial charge in [0.25, 0.3) is 0 Å². The summed E-state index contributed by atoms with van der Waals surface area (Å²) in [6, 6.07) is 0. The Labute approximate surface area is 113 Å². The molecule has 0 saturated heterocycles. The Balaban J connectivity index is 2.68. The van der Waals surface area contributed by atoms with Crippen LogP contribution in [0.4, 0.5) is 0 Å². The molecule has 5 heteroatoms. The van der Waals surface area contributed by atoms with Crippen LogP contribution in [-0.2, 0) is 10.3 Å². The number of carbonyl (C=O) groups excluding carboxylic acids is 1. The fraction of sp³-hybridized carbons (Fsp3) is 0.692. The van der Waals surface area contributed by atoms with E-state index in [0.717, 1.165) is 11.4 Å². The highest BCUT2D eigenvalue weighted by Gasteiger charge is 2.28. The largest absolute Gasteiger partial charge is 0.344 e. The first-order valence-electron chi connectivity index (χ1n) is 6.29. The normalized spacial score (nSPS) is 13.7. The quantitative estimate of drug-likeness (QED) is 0.831. The summed E-state index contributed by atoms with van der Waals surface area (Å²) in [5.74, 6) is 0.364. The van der Waals surface area contributed by atoms with E-state index in [1.165, 1.54) is 0 Å². The fourth-order valence-electron chi connectivity index (χ4n) is 1.87. The zero-order valence-electron chi connectivity index (χ0n) is 11.6. The lowest BCUT2D eigenvalue weighted by molar-refractivity contribution is -0.126. The molecule has 102 valence electrons. The third kappa shape index (κ3) is 4.07. The Morgan fingerprint density at radius 1 is 1.56 bits per heavy atom. The Morgan fingerprint density at radius 2 is 2.22 bits per heavy atom. The molecule has 0 aromatic carbocycles. The first kappa shape index (κ1) is 15.1. The van der Waals surface area contributed by atoms with Crippen LogP contribution < -0.4 is 11.1 Å². The molecule has 0 spiro atoms. The monoisotopic (exact) mass is 269 g/mol. The summed E-state index contributed by atoms with van der Waals surface area (Å²) in [6.45, 7) is 8.52. The van der Waals surface area contributed by atoms with Gasteiger partial charge >= 0.3 is 0 Å². The highest BCUT2D eigenvalue weighted by Crippen LogP contribution is 2.23. The van der Waals surface area contributed by atoms with Gasteiger partial charge in [-0.05, 0) is 26.2 Å². The van der Waals surface area contributed by atoms with Crippen LogP contribution >= 0.6 is 11.3 Å². The molecule has 1 aromatic rings. The summed E-state index contributed by atoms with van der Waals surface area (Å²) in [6.07, 6.45) is 2.57. The van der Waals surface area contributed by atoms with Crippen LogP contribution in [0.15, 0.2) is 11.6 Å². The Kier molecular flexibility index (Phi) is 5.28. The van der Waals surface area contributed by atoms with Crippen molar-refractivity contribution in [2.75, 3.05) is 6.54 Å². The van der Waals surface area contributed by atoms with Gasteiger partial charge in [-0.1, -0.05) is 13.8 Å². The van der Waals surface area contributed by atoms with Crippen molar-refractivity contribution in [3.8, 4) is 0 Å². The predicted octanol–water partition coefficient (Wildman–Crippen LogP) is 2.12. The smallest absolute Gasteiger partial charge is 0.225 e. The number of carbonyl (C=O) groups is 1. The second kappa shape index (κ2) is 6.29. The van der Waals surface area contributed by atoms with Gasteiger partial charge in [-0.25, -0.2) is 4.98 Å². The molecule has 0 aliphatic heterocycles. The molecule has 18 heavy (non-hydrogen) atoms. The summed E-state index contributed by atoms with van der Waals surface area (Å²) < 4.78 is 0. The molecule has 0 fully saturated rings. The van der Waals surface area contributed by atoms with Crippen LogP contribution in [0.2, 0.25) is 0 Å². The standard InChI is InChI=1S/C13H23N3OS/c1-9(2)7-10(8-14)11(17)16-13(3,4)12-15-5-6-18-12/h5-6,9-10H,7-8,14H2,1-4H3,(H,16,17). The van der Waals surface area contributed by atoms with Gasteiger partial charge in [0.05, 0.1) is 11.5 Å². The van der Waals surface area contributed by atoms with Gasteiger partial charge in [0.2, 0.25) is 5.91 Å². The third-order valence-electron chi connectivity index (χ3n) is 2.81. The van der Waals surface area contributed by atoms with E-state index in [-0.39, 0.29) is 11.8 Å². The van der Waals surface area contributed by atoms with Crippen LogP contribution in [0.25, 0.3) is 0 Å². The molecule has 0 aliphatic rings. The van der Waals surface area contributed by atoms with Gasteiger partial charge in [0.15, 0.2) is 0 Å². The minimum Gasteiger partial charge on any atom is -0.344 e. The van der Waals surface area contributed by atoms with E-state index in [2.05, 4.69) is 24.1 Å². The Bertz CT molecular complexity index is 374. The lowest BCUT2D eigenvalue weighted by atomic mass is 9.95. The number of aromatic nitrogens is 1. The number of rotatable bonds is 6. The summed E-state index contributed by atoms with van der Waals surface area (Å²) in [4.78, 5) is 16.5. The van der Waals surface area contributed by atoms with Gasteiger partial charge < -0.3 is 11.1 Å². The van der Waals surface area contributed by atoms with Crippen molar-refractivity contribution in [2.45, 2.75) is 39.7 Å². The first-order valence-corrected chi connectivity index (χ1v) is 7.17. The van der Waals surface area contributed by atoms with Crippen LogP contribution in [0.1, 0.15) is 39.1 Å². The van der Waals surface area contributed by atoms with Crippen molar-refractivity contribution in [3.05, 3.63) is 16.6 Å². The minimum absolute atomic E-state index is 0.0198. The SMILES string of the molecule is CC(C)CC(CN)C(=O)NC(C)(C)c1nccs1. The van der Waals surface area contributed by atoms with Crippen LogP contribution in [-0.4, -0.2) is 17.4 Å². The van der Waals surface area contributed by atoms with E-state index in [4.69, 9.17) is 5.73 Å². The van der Waals surface area contributed by atoms with Crippen molar-refractivity contribution in [2.24, 2.45) is 17.6 Å². The first-order chi connectivity index (χ1) is 8.36. The topological polar surface area (TPSA) is 68.0 Å². The molecule has 1 aromatic heterocycles. The molecular formula is C13H23N3OS. The van der Waals surface area contributed by atoms with Crippen LogP contribution in [0.5, 0.6) is 0 Å². The molecule has 0 aliphatic carbocycles. The van der Waals surface area contributed by atoms with Crippen LogP contribution in [0.3, 0.4) is 0 Å². The van der Waals surface area contributed by atoms with E-state index >= 15 is 0 Å². The van der Waals surface area contributed by atoms with E-state index in [1.807, 2.05) is 19.2 Å². The Hall–Kier alpha value is -0.940. The maximum Gasteiger partial charge on any atom is 0.225 e. The summed E-state index contributed by atoms with van der Waals surface area (Å²) >= 11 is 1.55. The van der Waals surface area contributed by atoms with Gasteiger partial charge in [-0.3, -0.25) is 4.79 Å². The highest BCUT2D eigenvalue weighted by atomic mass is 32.1. The fourth-order valence-corrected chi connectivity index (χ4v) is 2.59. The molecule has 3 N–H and O–H groups in total. The van der Waals surface area contributed by atoms with Crippen LogP contribution in [0, 0.1) is 11.8 Å². The molecule has 0 saturated carbocycles. The lowest BCUT2D eigenvalue weighted by Crippen LogP contribution is -2.45. The minimum atomic E-state index is -0.435. The summed E-state index contributed by atoms with van der Waals surface area (Å²) in [5, 5.41) is 5.87. The number of nitrogens with two attached hydrogens (primary N) is 1. The van der Waals surface area contributed by atoms with E-state index in [0.29, 0.717) is 12.5 Å². The maximum atomic E-state index is 12.2. The summed E-state index contributed by atoms with van der Waals surface area (Å²) in [5.41, 5.74) is 5.25. The van der Waals surface area contributed by atoms with Crippen molar-refractivity contribution in [1.82, 2.24) is 10.3 Å². The zero-order chi connectivity index (χ0) is 13.8. The molecule has 0 radical (unpaired) electrons. The lowest BCUT2D eigenvalue weighted by Gasteiger charge is -2.27. The second-order valence-electron chi connectivity index (χ2n) is 5.51. The van der Waals surface area contributed by atoms with E-state index in [1.54, 1.807) is 17.5 Å². The molecule has 1 unspecified atom stereocenters. The number of hydrogen-bond donors (Lipinski definition) is 2. The molecule has 1 heterocycles. The third-order valence-corrected chi connectivity index (χ3v) is 3.91. The van der Waals surface area contributed by atoms with E-state index in [9.17, 15) is 4.79 Å². The number of nitrogens with zero attached hydrogens (tertiary/aromatic N) is 1. The molecule has 1 rings (SSSR count). The molecular weight excluding hydrogens is 246 g/mol. The molecule has 1 atom stereocenters. The summed E-state index contributed by atoms with van der Waals surface area (Å²) in [7, 11) is 0. The maximum absolute atomic E-state index is 12.2. The molecule has 1 amide bonds. The zero-order valence-corrected chi connectivity index (χ0v) is 12.4. The van der Waals surface area contributed by atoms with Gasteiger partial charge in [-0.2, -0.15) is 0 Å². The number of hydrogen-bond acceptors (Lipinski definition) is 4. The molecule has 4 nitrogen and oxygen atoms in total. The van der Waals surface area contributed by atoms with Crippen molar-refractivity contribution < 1.29 is 4.79 Å². The average Bonchev–Trinajstić information content (AvgIpc) is 2.78. The van der Waals surface area contributed by atoms with E-state index < -0.39 is 5.54 Å². The Morgan fingerprint density at radius 3 is 2.67 bits per heavy atom. The molecule has 0 bridgehead atoms. The number of nitrogens with one attached hydrogen (secondary N) is 1. The van der Waals surface area contributed by atoms with Gasteiger partial charge in [0, 0.05) is 18.1 Å². The number of amides is 1. The van der Waals surface area contributed by atoms with Crippen molar-refractivity contribution in [3.63, 3.8) is 0 Å². The van der Waals surface area contributed by atoms with Crippen molar-refractivity contribution in [1.29, 1.82) is 0 Å². The predicted molar refractivity (Wildman–Crippen MR) is 75.3 cm³/mol. The van der Waals surface area contributed by atoms with Gasteiger partial charge in [0.1, 0.15) is 5.01 Å². The average molecular weight is 269 g/mol. The number of thiazole rings is 1. The van der Waals surface area contributed by atoms with Crippen molar-refractivity contribution >= 4 is 17.2 Å². The highest BCUT2D eigenvalue weighted by molar-refractivity contribution is 7.09. The second-order valence-corrected chi connectivity index (χ2v) is 6.41. The van der Waals surface area contributed by atoms with Gasteiger partial charge in [-0.15, -0.1) is 11.3 Å².